The van der Waals surface area contributed by atoms with Gasteiger partial charge in [0.15, 0.2) is 0 Å². The summed E-state index contributed by atoms with van der Waals surface area (Å²) in [5, 5.41) is 0. The van der Waals surface area contributed by atoms with Gasteiger partial charge in [-0.1, -0.05) is 0 Å². The van der Waals surface area contributed by atoms with Crippen LogP contribution >= 0.6 is 0 Å². The molecule has 0 bridgehead atoms. The van der Waals surface area contributed by atoms with Gasteiger partial charge in [0.25, 0.3) is 0 Å². The van der Waals surface area contributed by atoms with Gasteiger partial charge in [0, 0.05) is 6.07 Å². The molecule has 1 aromatic rings. The zero-order valence-electron chi connectivity index (χ0n) is 7.20. The van der Waals surface area contributed by atoms with Crippen LogP contribution in [0.3, 0.4) is 0 Å². The van der Waals surface area contributed by atoms with Crippen molar-refractivity contribution in [3.8, 4) is 11.6 Å². The molecule has 0 aliphatic heterocycles. The van der Waals surface area contributed by atoms with Gasteiger partial charge in [-0.05, 0) is 6.92 Å². The van der Waals surface area contributed by atoms with Crippen molar-refractivity contribution in [2.45, 2.75) is 6.92 Å². The number of hydrogen-bond acceptors (Lipinski definition) is 4. The predicted molar refractivity (Wildman–Crippen MR) is 46.4 cm³/mol. The standard InChI is InChI=1S/C8H12N2O2/c1-3-12-6-4-7(9)8(11-2)10-5-6/h4-5H,3,9H2,1-2H3. The largest absolute Gasteiger partial charge is 0.492 e. The van der Waals surface area contributed by atoms with Crippen LogP contribution in [0.4, 0.5) is 5.69 Å². The van der Waals surface area contributed by atoms with E-state index in [1.165, 1.54) is 7.11 Å². The lowest BCUT2D eigenvalue weighted by atomic mass is 10.4. The van der Waals surface area contributed by atoms with Gasteiger partial charge < -0.3 is 15.2 Å². The minimum atomic E-state index is 0.429. The number of pyridine rings is 1. The van der Waals surface area contributed by atoms with Crippen LogP contribution in [-0.4, -0.2) is 18.7 Å². The average molecular weight is 168 g/mol. The molecule has 0 saturated carbocycles. The number of nitrogens with zero attached hydrogens (tertiary/aromatic N) is 1. The molecule has 4 nitrogen and oxygen atoms in total. The topological polar surface area (TPSA) is 57.4 Å². The number of methoxy groups -OCH3 is 1. The van der Waals surface area contributed by atoms with Crippen molar-refractivity contribution >= 4 is 5.69 Å². The number of nitrogen functional groups attached to an aromatic ring is 1. The molecule has 1 heterocycles. The number of ether oxygens (including phenoxy) is 2. The minimum absolute atomic E-state index is 0.429. The zero-order valence-corrected chi connectivity index (χ0v) is 7.20. The van der Waals surface area contributed by atoms with Crippen molar-refractivity contribution in [3.63, 3.8) is 0 Å². The quantitative estimate of drug-likeness (QED) is 0.733. The maximum atomic E-state index is 5.59. The van der Waals surface area contributed by atoms with Crippen LogP contribution in [0.5, 0.6) is 11.6 Å². The molecule has 0 radical (unpaired) electrons. The van der Waals surface area contributed by atoms with Crippen molar-refractivity contribution in [2.75, 3.05) is 19.5 Å². The molecule has 0 aromatic carbocycles. The third-order valence-electron chi connectivity index (χ3n) is 1.36. The molecule has 66 valence electrons. The summed E-state index contributed by atoms with van der Waals surface area (Å²) in [6.45, 7) is 2.51. The number of anilines is 1. The highest BCUT2D eigenvalue weighted by Crippen LogP contribution is 2.22. The van der Waals surface area contributed by atoms with Crippen molar-refractivity contribution in [2.24, 2.45) is 0 Å². The fraction of sp³-hybridized carbons (Fsp3) is 0.375. The average Bonchev–Trinajstić information content (AvgIpc) is 2.05. The lowest BCUT2D eigenvalue weighted by Crippen LogP contribution is -1.98. The third-order valence-corrected chi connectivity index (χ3v) is 1.36. The summed E-state index contributed by atoms with van der Waals surface area (Å²) >= 11 is 0. The van der Waals surface area contributed by atoms with E-state index in [4.69, 9.17) is 15.2 Å². The molecule has 0 atom stereocenters. The summed E-state index contributed by atoms with van der Waals surface area (Å²) in [6, 6.07) is 1.69. The molecular weight excluding hydrogens is 156 g/mol. The molecule has 0 saturated heterocycles. The van der Waals surface area contributed by atoms with Crippen LogP contribution in [-0.2, 0) is 0 Å². The SMILES string of the molecule is CCOc1cnc(OC)c(N)c1. The van der Waals surface area contributed by atoms with Crippen LogP contribution in [0, 0.1) is 0 Å². The van der Waals surface area contributed by atoms with Gasteiger partial charge in [-0.25, -0.2) is 4.98 Å². The van der Waals surface area contributed by atoms with Gasteiger partial charge in [-0.3, -0.25) is 0 Å². The number of hydrogen-bond donors (Lipinski definition) is 1. The van der Waals surface area contributed by atoms with Crippen molar-refractivity contribution in [1.82, 2.24) is 4.98 Å². The number of nitrogens with two attached hydrogens (primary N) is 1. The second kappa shape index (κ2) is 3.80. The van der Waals surface area contributed by atoms with Gasteiger partial charge in [-0.15, -0.1) is 0 Å². The summed E-state index contributed by atoms with van der Waals surface area (Å²) in [7, 11) is 1.53. The third kappa shape index (κ3) is 1.78. The first-order chi connectivity index (χ1) is 5.77. The summed E-state index contributed by atoms with van der Waals surface area (Å²) in [4.78, 5) is 3.94. The van der Waals surface area contributed by atoms with Gasteiger partial charge in [0.05, 0.1) is 25.6 Å². The Kier molecular flexibility index (Phi) is 2.74. The van der Waals surface area contributed by atoms with Crippen LogP contribution < -0.4 is 15.2 Å². The summed E-state index contributed by atoms with van der Waals surface area (Å²) in [5.41, 5.74) is 6.08. The molecule has 1 rings (SSSR count). The first-order valence-electron chi connectivity index (χ1n) is 3.70. The summed E-state index contributed by atoms with van der Waals surface area (Å²) in [5.74, 6) is 1.09. The van der Waals surface area contributed by atoms with E-state index < -0.39 is 0 Å². The Balaban J connectivity index is 2.86. The normalized spacial score (nSPS) is 9.50. The van der Waals surface area contributed by atoms with E-state index in [1.54, 1.807) is 12.3 Å². The first-order valence-corrected chi connectivity index (χ1v) is 3.70. The van der Waals surface area contributed by atoms with Crippen molar-refractivity contribution in [1.29, 1.82) is 0 Å². The maximum absolute atomic E-state index is 5.59. The zero-order chi connectivity index (χ0) is 8.97. The first kappa shape index (κ1) is 8.64. The Labute approximate surface area is 71.3 Å². The Bertz CT molecular complexity index is 263. The molecule has 0 fully saturated rings. The van der Waals surface area contributed by atoms with Gasteiger partial charge in [0.2, 0.25) is 5.88 Å². The van der Waals surface area contributed by atoms with E-state index in [9.17, 15) is 0 Å². The predicted octanol–water partition coefficient (Wildman–Crippen LogP) is 1.07. The van der Waals surface area contributed by atoms with Gasteiger partial charge in [0.1, 0.15) is 5.75 Å². The van der Waals surface area contributed by atoms with E-state index in [-0.39, 0.29) is 0 Å². The van der Waals surface area contributed by atoms with Gasteiger partial charge in [-0.2, -0.15) is 0 Å². The van der Waals surface area contributed by atoms with E-state index >= 15 is 0 Å². The maximum Gasteiger partial charge on any atom is 0.237 e. The van der Waals surface area contributed by atoms with E-state index in [1.807, 2.05) is 6.92 Å². The number of aromatic nitrogens is 1. The Morgan fingerprint density at radius 2 is 2.33 bits per heavy atom. The fourth-order valence-corrected chi connectivity index (χ4v) is 0.865. The lowest BCUT2D eigenvalue weighted by molar-refractivity contribution is 0.336. The Morgan fingerprint density at radius 3 is 2.83 bits per heavy atom. The van der Waals surface area contributed by atoms with Crippen LogP contribution in [0.15, 0.2) is 12.3 Å². The molecule has 0 aliphatic rings. The molecule has 0 spiro atoms. The van der Waals surface area contributed by atoms with Crippen molar-refractivity contribution < 1.29 is 9.47 Å². The molecule has 0 amide bonds. The molecular formula is C8H12N2O2. The van der Waals surface area contributed by atoms with Crippen LogP contribution in [0.25, 0.3) is 0 Å². The van der Waals surface area contributed by atoms with Gasteiger partial charge >= 0.3 is 0 Å². The minimum Gasteiger partial charge on any atom is -0.492 e. The molecule has 0 aliphatic carbocycles. The lowest BCUT2D eigenvalue weighted by Gasteiger charge is -2.05. The molecule has 12 heavy (non-hydrogen) atoms. The molecule has 4 heteroatoms. The Hall–Kier alpha value is -1.45. The fourth-order valence-electron chi connectivity index (χ4n) is 0.865. The van der Waals surface area contributed by atoms with E-state index in [0.717, 1.165) is 0 Å². The van der Waals surface area contributed by atoms with E-state index in [0.29, 0.717) is 23.9 Å². The van der Waals surface area contributed by atoms with Crippen LogP contribution in [0.1, 0.15) is 6.92 Å². The monoisotopic (exact) mass is 168 g/mol. The molecule has 0 unspecified atom stereocenters. The highest BCUT2D eigenvalue weighted by atomic mass is 16.5. The second-order valence-corrected chi connectivity index (χ2v) is 2.20. The highest BCUT2D eigenvalue weighted by molar-refractivity contribution is 5.51. The summed E-state index contributed by atoms with van der Waals surface area (Å²) < 4.78 is 10.1. The molecule has 2 N–H and O–H groups in total. The Morgan fingerprint density at radius 1 is 1.58 bits per heavy atom. The highest BCUT2D eigenvalue weighted by Gasteiger charge is 2.01. The molecule has 1 aromatic heterocycles. The van der Waals surface area contributed by atoms with Crippen molar-refractivity contribution in [3.05, 3.63) is 12.3 Å². The number of rotatable bonds is 3. The second-order valence-electron chi connectivity index (χ2n) is 2.20. The van der Waals surface area contributed by atoms with E-state index in [2.05, 4.69) is 4.98 Å². The summed E-state index contributed by atoms with van der Waals surface area (Å²) in [6.07, 6.45) is 1.58. The van der Waals surface area contributed by atoms with Crippen LogP contribution in [0.2, 0.25) is 0 Å². The smallest absolute Gasteiger partial charge is 0.237 e.